The monoisotopic (exact) mass is 373 g/mol. The van der Waals surface area contributed by atoms with Crippen molar-refractivity contribution < 1.29 is 9.72 Å². The first-order chi connectivity index (χ1) is 12.5. The van der Waals surface area contributed by atoms with Crippen molar-refractivity contribution in [1.82, 2.24) is 5.32 Å². The van der Waals surface area contributed by atoms with E-state index in [0.29, 0.717) is 13.1 Å². The van der Waals surface area contributed by atoms with E-state index in [0.717, 1.165) is 17.1 Å². The fraction of sp³-hybridized carbons (Fsp3) is 0.316. The van der Waals surface area contributed by atoms with Gasteiger partial charge >= 0.3 is 0 Å². The van der Waals surface area contributed by atoms with Crippen LogP contribution in [0.3, 0.4) is 0 Å². The normalized spacial score (nSPS) is 10.4. The number of nitrogens with one attached hydrogen (secondary N) is 1. The largest absolute Gasteiger partial charge is 0.370 e. The molecule has 0 saturated heterocycles. The Labute approximate surface area is 157 Å². The van der Waals surface area contributed by atoms with Crippen LogP contribution in [0.4, 0.5) is 11.4 Å². The van der Waals surface area contributed by atoms with E-state index in [1.807, 2.05) is 37.4 Å². The lowest BCUT2D eigenvalue weighted by Crippen LogP contribution is -2.35. The fourth-order valence-corrected chi connectivity index (χ4v) is 3.19. The van der Waals surface area contributed by atoms with E-state index < -0.39 is 10.8 Å². The number of carbonyl (C=O) groups is 1. The van der Waals surface area contributed by atoms with E-state index in [2.05, 4.69) is 17.1 Å². The van der Waals surface area contributed by atoms with E-state index in [1.54, 1.807) is 12.1 Å². The van der Waals surface area contributed by atoms with E-state index in [9.17, 15) is 14.9 Å². The smallest absolute Gasteiger partial charge is 0.282 e. The number of rotatable bonds is 8. The number of thioether (sulfide) groups is 1. The number of para-hydroxylation sites is 1. The van der Waals surface area contributed by atoms with Gasteiger partial charge in [0.15, 0.2) is 0 Å². The highest BCUT2D eigenvalue weighted by molar-refractivity contribution is 7.98. The van der Waals surface area contributed by atoms with Crippen molar-refractivity contribution in [2.75, 3.05) is 30.8 Å². The number of carbonyl (C=O) groups excluding carboxylic acids is 1. The van der Waals surface area contributed by atoms with Gasteiger partial charge in [0.1, 0.15) is 5.56 Å². The van der Waals surface area contributed by atoms with Crippen molar-refractivity contribution >= 4 is 29.0 Å². The second-order valence-corrected chi connectivity index (χ2v) is 6.64. The Hall–Kier alpha value is -2.54. The number of nitro benzene ring substituents is 1. The zero-order valence-electron chi connectivity index (χ0n) is 15.2. The van der Waals surface area contributed by atoms with Crippen LogP contribution in [0, 0.1) is 17.0 Å². The average Bonchev–Trinajstić information content (AvgIpc) is 2.65. The van der Waals surface area contributed by atoms with Crippen LogP contribution in [0.2, 0.25) is 0 Å². The molecule has 0 aromatic heterocycles. The summed E-state index contributed by atoms with van der Waals surface area (Å²) in [4.78, 5) is 26.1. The third kappa shape index (κ3) is 4.76. The van der Waals surface area contributed by atoms with Crippen LogP contribution in [0.25, 0.3) is 0 Å². The molecule has 6 nitrogen and oxygen atoms in total. The van der Waals surface area contributed by atoms with Crippen LogP contribution < -0.4 is 10.2 Å². The van der Waals surface area contributed by atoms with Crippen LogP contribution >= 0.6 is 11.8 Å². The first-order valence-electron chi connectivity index (χ1n) is 8.39. The summed E-state index contributed by atoms with van der Waals surface area (Å²) in [6.45, 7) is 5.95. The molecular weight excluding hydrogens is 350 g/mol. The molecule has 0 unspecified atom stereocenters. The Bertz CT molecular complexity index is 795. The predicted octanol–water partition coefficient (Wildman–Crippen LogP) is 3.88. The topological polar surface area (TPSA) is 75.5 Å². The minimum atomic E-state index is -0.523. The van der Waals surface area contributed by atoms with Crippen molar-refractivity contribution in [3.05, 3.63) is 63.7 Å². The first kappa shape index (κ1) is 19.8. The minimum absolute atomic E-state index is 0.0980. The van der Waals surface area contributed by atoms with Gasteiger partial charge in [-0.15, -0.1) is 11.8 Å². The molecule has 138 valence electrons. The molecule has 0 heterocycles. The summed E-state index contributed by atoms with van der Waals surface area (Å²) in [6.07, 6.45) is 1.87. The highest BCUT2D eigenvalue weighted by atomic mass is 32.2. The Balaban J connectivity index is 2.06. The second kappa shape index (κ2) is 9.24. The Morgan fingerprint density at radius 3 is 2.62 bits per heavy atom. The molecule has 0 spiro atoms. The molecule has 26 heavy (non-hydrogen) atoms. The molecule has 0 aliphatic heterocycles. The van der Waals surface area contributed by atoms with Crippen LogP contribution in [-0.4, -0.2) is 36.7 Å². The maximum Gasteiger partial charge on any atom is 0.282 e. The van der Waals surface area contributed by atoms with E-state index in [4.69, 9.17) is 0 Å². The van der Waals surface area contributed by atoms with Crippen LogP contribution in [0.5, 0.6) is 0 Å². The number of amides is 1. The van der Waals surface area contributed by atoms with Crippen LogP contribution in [-0.2, 0) is 0 Å². The van der Waals surface area contributed by atoms with Crippen molar-refractivity contribution in [2.24, 2.45) is 0 Å². The van der Waals surface area contributed by atoms with Crippen molar-refractivity contribution in [1.29, 1.82) is 0 Å². The quantitative estimate of drug-likeness (QED) is 0.432. The number of hydrogen-bond acceptors (Lipinski definition) is 5. The van der Waals surface area contributed by atoms with Gasteiger partial charge in [-0.3, -0.25) is 14.9 Å². The molecule has 1 N–H and O–H groups in total. The number of likely N-dealkylation sites (N-methyl/N-ethyl adjacent to an activating group) is 1. The molecule has 0 aliphatic carbocycles. The Morgan fingerprint density at radius 2 is 2.00 bits per heavy atom. The van der Waals surface area contributed by atoms with Gasteiger partial charge in [-0.05, 0) is 43.9 Å². The third-order valence-corrected chi connectivity index (χ3v) is 4.88. The molecule has 2 rings (SSSR count). The van der Waals surface area contributed by atoms with Gasteiger partial charge in [0.25, 0.3) is 11.6 Å². The van der Waals surface area contributed by atoms with Crippen molar-refractivity contribution in [3.63, 3.8) is 0 Å². The fourth-order valence-electron chi connectivity index (χ4n) is 2.75. The molecular formula is C19H23N3O3S. The Kier molecular flexibility index (Phi) is 7.03. The lowest BCUT2D eigenvalue weighted by Gasteiger charge is -2.25. The van der Waals surface area contributed by atoms with Crippen LogP contribution in [0.1, 0.15) is 22.8 Å². The molecule has 2 aromatic rings. The number of benzene rings is 2. The lowest BCUT2D eigenvalue weighted by molar-refractivity contribution is -0.385. The van der Waals surface area contributed by atoms with Gasteiger partial charge in [0.05, 0.1) is 4.92 Å². The van der Waals surface area contributed by atoms with Crippen molar-refractivity contribution in [3.8, 4) is 0 Å². The highest BCUT2D eigenvalue weighted by Crippen LogP contribution is 2.24. The summed E-state index contributed by atoms with van der Waals surface area (Å²) in [5.74, 6) is -0.423. The molecule has 0 saturated carbocycles. The Morgan fingerprint density at radius 1 is 1.27 bits per heavy atom. The molecule has 7 heteroatoms. The first-order valence-corrected chi connectivity index (χ1v) is 9.61. The molecule has 0 bridgehead atoms. The summed E-state index contributed by atoms with van der Waals surface area (Å²) in [5, 5.41) is 14.0. The number of nitro groups is 1. The third-order valence-electron chi connectivity index (χ3n) is 4.15. The highest BCUT2D eigenvalue weighted by Gasteiger charge is 2.20. The molecule has 0 atom stereocenters. The molecule has 0 radical (unpaired) electrons. The number of aryl methyl sites for hydroxylation is 1. The van der Waals surface area contributed by atoms with E-state index in [1.165, 1.54) is 23.4 Å². The predicted molar refractivity (Wildman–Crippen MR) is 106 cm³/mol. The second-order valence-electron chi connectivity index (χ2n) is 5.76. The molecule has 1 amide bonds. The van der Waals surface area contributed by atoms with Crippen LogP contribution in [0.15, 0.2) is 47.4 Å². The zero-order valence-corrected chi connectivity index (χ0v) is 16.0. The minimum Gasteiger partial charge on any atom is -0.370 e. The summed E-state index contributed by atoms with van der Waals surface area (Å²) in [7, 11) is 0. The standard InChI is InChI=1S/C19H23N3O3S/c1-4-21(17-8-6-5-7-14(17)2)12-11-20-19(23)16-13-15(26-3)9-10-18(16)22(24)25/h5-10,13H,4,11-12H2,1-3H3,(H,20,23). The van der Waals surface area contributed by atoms with E-state index in [-0.39, 0.29) is 11.3 Å². The average molecular weight is 373 g/mol. The summed E-state index contributed by atoms with van der Waals surface area (Å²) in [6, 6.07) is 12.7. The lowest BCUT2D eigenvalue weighted by atomic mass is 10.1. The van der Waals surface area contributed by atoms with Gasteiger partial charge in [-0.1, -0.05) is 18.2 Å². The van der Waals surface area contributed by atoms with Crippen molar-refractivity contribution in [2.45, 2.75) is 18.7 Å². The number of hydrogen-bond donors (Lipinski definition) is 1. The summed E-state index contributed by atoms with van der Waals surface area (Å²) in [5.41, 5.74) is 2.22. The van der Waals surface area contributed by atoms with Gasteiger partial charge in [0, 0.05) is 36.3 Å². The molecule has 0 fully saturated rings. The number of anilines is 1. The van der Waals surface area contributed by atoms with Gasteiger partial charge in [-0.2, -0.15) is 0 Å². The summed E-state index contributed by atoms with van der Waals surface area (Å²) >= 11 is 1.44. The maximum atomic E-state index is 12.5. The van der Waals surface area contributed by atoms with Gasteiger partial charge in [0.2, 0.25) is 0 Å². The SMILES string of the molecule is CCN(CCNC(=O)c1cc(SC)ccc1[N+](=O)[O-])c1ccccc1C. The zero-order chi connectivity index (χ0) is 19.1. The summed E-state index contributed by atoms with van der Waals surface area (Å²) < 4.78 is 0. The van der Waals surface area contributed by atoms with Gasteiger partial charge < -0.3 is 10.2 Å². The molecule has 2 aromatic carbocycles. The van der Waals surface area contributed by atoms with Gasteiger partial charge in [-0.25, -0.2) is 0 Å². The maximum absolute atomic E-state index is 12.5. The number of nitrogens with zero attached hydrogens (tertiary/aromatic N) is 2. The van der Waals surface area contributed by atoms with E-state index >= 15 is 0 Å². The molecule has 0 aliphatic rings.